The predicted octanol–water partition coefficient (Wildman–Crippen LogP) is -2.28. The van der Waals surface area contributed by atoms with Gasteiger partial charge in [0.25, 0.3) is 0 Å². The van der Waals surface area contributed by atoms with Gasteiger partial charge in [-0.15, -0.1) is 0 Å². The molecule has 3 amide bonds. The number of aliphatic hydroxyl groups excluding tert-OH is 2. The zero-order valence-corrected chi connectivity index (χ0v) is 19.4. The molecule has 9 N–H and O–H groups in total. The largest absolute Gasteiger partial charge is 0.481 e. The Kier molecular flexibility index (Phi) is 11.8. The van der Waals surface area contributed by atoms with Crippen LogP contribution < -0.4 is 21.7 Å². The number of amides is 3. The number of aliphatic hydroxyl groups is 2. The number of benzene rings is 1. The van der Waals surface area contributed by atoms with E-state index in [-0.39, 0.29) is 12.8 Å². The van der Waals surface area contributed by atoms with Gasteiger partial charge in [-0.1, -0.05) is 30.3 Å². The van der Waals surface area contributed by atoms with Crippen molar-refractivity contribution in [3.63, 3.8) is 0 Å². The van der Waals surface area contributed by atoms with Crippen molar-refractivity contribution in [2.45, 2.75) is 69.5 Å². The van der Waals surface area contributed by atoms with Crippen molar-refractivity contribution < 1.29 is 44.4 Å². The van der Waals surface area contributed by atoms with Crippen LogP contribution in [-0.2, 0) is 30.4 Å². The second-order valence-electron chi connectivity index (χ2n) is 8.08. The summed E-state index contributed by atoms with van der Waals surface area (Å²) in [5.41, 5.74) is 6.68. The Balaban J connectivity index is 2.96. The SMILES string of the molecule is CC(O)C(NC(=O)C(NC(=O)C(CCC(=O)O)NC(=O)C(N)Cc1ccccc1)C(C)O)C(=O)O. The lowest BCUT2D eigenvalue weighted by Gasteiger charge is -2.27. The standard InChI is InChI=1S/C22H32N4O9/c1-11(27)17(21(33)26-18(12(2)28)22(34)35)25-20(32)15(8-9-16(29)30)24-19(31)14(23)10-13-6-4-3-5-7-13/h3-7,11-12,14-15,17-18,27-28H,8-10,23H2,1-2H3,(H,24,31)(H,25,32)(H,26,33)(H,29,30)(H,34,35). The number of hydrogen-bond acceptors (Lipinski definition) is 8. The quantitative estimate of drug-likeness (QED) is 0.138. The summed E-state index contributed by atoms with van der Waals surface area (Å²) in [6, 6.07) is 2.97. The molecule has 0 radical (unpaired) electrons. The number of rotatable bonds is 14. The Morgan fingerprint density at radius 1 is 0.829 bits per heavy atom. The van der Waals surface area contributed by atoms with Crippen molar-refractivity contribution in [3.8, 4) is 0 Å². The van der Waals surface area contributed by atoms with E-state index in [2.05, 4.69) is 10.6 Å². The van der Waals surface area contributed by atoms with Crippen molar-refractivity contribution in [3.05, 3.63) is 35.9 Å². The lowest BCUT2D eigenvalue weighted by molar-refractivity contribution is -0.146. The molecule has 0 aliphatic rings. The summed E-state index contributed by atoms with van der Waals surface area (Å²) in [5, 5.41) is 44.2. The smallest absolute Gasteiger partial charge is 0.328 e. The van der Waals surface area contributed by atoms with Crippen LogP contribution in [0.5, 0.6) is 0 Å². The second kappa shape index (κ2) is 14.0. The maximum absolute atomic E-state index is 12.8. The number of hydrogen-bond donors (Lipinski definition) is 8. The summed E-state index contributed by atoms with van der Waals surface area (Å²) in [4.78, 5) is 60.1. The number of nitrogens with two attached hydrogens (primary N) is 1. The summed E-state index contributed by atoms with van der Waals surface area (Å²) < 4.78 is 0. The molecule has 0 saturated heterocycles. The molecule has 0 aromatic heterocycles. The van der Waals surface area contributed by atoms with Crippen molar-refractivity contribution in [2.24, 2.45) is 5.73 Å². The van der Waals surface area contributed by atoms with E-state index >= 15 is 0 Å². The summed E-state index contributed by atoms with van der Waals surface area (Å²) in [7, 11) is 0. The highest BCUT2D eigenvalue weighted by Gasteiger charge is 2.34. The van der Waals surface area contributed by atoms with Gasteiger partial charge in [0.1, 0.15) is 12.1 Å². The third-order valence-corrected chi connectivity index (χ3v) is 5.02. The summed E-state index contributed by atoms with van der Waals surface area (Å²) in [6.45, 7) is 2.29. The number of aliphatic carboxylic acids is 2. The van der Waals surface area contributed by atoms with Crippen LogP contribution in [-0.4, -0.2) is 86.5 Å². The minimum Gasteiger partial charge on any atom is -0.481 e. The van der Waals surface area contributed by atoms with Gasteiger partial charge in [-0.3, -0.25) is 19.2 Å². The van der Waals surface area contributed by atoms with E-state index in [4.69, 9.17) is 15.9 Å². The van der Waals surface area contributed by atoms with E-state index in [0.717, 1.165) is 19.4 Å². The van der Waals surface area contributed by atoms with E-state index in [9.17, 15) is 34.2 Å². The second-order valence-corrected chi connectivity index (χ2v) is 8.08. The van der Waals surface area contributed by atoms with Crippen molar-refractivity contribution in [1.82, 2.24) is 16.0 Å². The Labute approximate surface area is 201 Å². The molecule has 0 saturated carbocycles. The maximum Gasteiger partial charge on any atom is 0.328 e. The Morgan fingerprint density at radius 2 is 1.37 bits per heavy atom. The molecule has 0 aliphatic heterocycles. The number of nitrogens with one attached hydrogen (secondary N) is 3. The molecule has 1 rings (SSSR count). The lowest BCUT2D eigenvalue weighted by Crippen LogP contribution is -2.61. The van der Waals surface area contributed by atoms with Gasteiger partial charge in [0.05, 0.1) is 18.2 Å². The van der Waals surface area contributed by atoms with Crippen molar-refractivity contribution in [1.29, 1.82) is 0 Å². The monoisotopic (exact) mass is 496 g/mol. The first-order valence-corrected chi connectivity index (χ1v) is 10.8. The lowest BCUT2D eigenvalue weighted by atomic mass is 10.0. The van der Waals surface area contributed by atoms with E-state index in [1.165, 1.54) is 0 Å². The molecule has 0 bridgehead atoms. The van der Waals surface area contributed by atoms with Gasteiger partial charge in [-0.25, -0.2) is 4.79 Å². The van der Waals surface area contributed by atoms with Crippen LogP contribution in [0, 0.1) is 0 Å². The van der Waals surface area contributed by atoms with E-state index in [0.29, 0.717) is 0 Å². The first-order chi connectivity index (χ1) is 16.3. The minimum absolute atomic E-state index is 0.147. The summed E-state index contributed by atoms with van der Waals surface area (Å²) >= 11 is 0. The molecular weight excluding hydrogens is 464 g/mol. The fraction of sp³-hybridized carbons (Fsp3) is 0.500. The Bertz CT molecular complexity index is 892. The van der Waals surface area contributed by atoms with Gasteiger partial charge >= 0.3 is 11.9 Å². The Morgan fingerprint density at radius 3 is 1.86 bits per heavy atom. The zero-order valence-electron chi connectivity index (χ0n) is 19.4. The third-order valence-electron chi connectivity index (χ3n) is 5.02. The van der Waals surface area contributed by atoms with Gasteiger partial charge in [0.2, 0.25) is 17.7 Å². The van der Waals surface area contributed by atoms with Crippen molar-refractivity contribution in [2.75, 3.05) is 0 Å². The van der Waals surface area contributed by atoms with Crippen LogP contribution in [0.2, 0.25) is 0 Å². The van der Waals surface area contributed by atoms with Crippen LogP contribution in [0.1, 0.15) is 32.3 Å². The van der Waals surface area contributed by atoms with E-state index < -0.39 is 72.5 Å². The molecule has 13 heteroatoms. The number of carbonyl (C=O) groups excluding carboxylic acids is 3. The number of carboxylic acids is 2. The normalized spacial score (nSPS) is 16.0. The summed E-state index contributed by atoms with van der Waals surface area (Å²) in [6.07, 6.45) is -3.67. The first kappa shape index (κ1) is 29.5. The highest BCUT2D eigenvalue weighted by atomic mass is 16.4. The first-order valence-electron chi connectivity index (χ1n) is 10.8. The zero-order chi connectivity index (χ0) is 26.7. The Hall–Kier alpha value is -3.55. The molecule has 0 aliphatic carbocycles. The van der Waals surface area contributed by atoms with Crippen LogP contribution in [0.4, 0.5) is 0 Å². The van der Waals surface area contributed by atoms with Crippen LogP contribution >= 0.6 is 0 Å². The van der Waals surface area contributed by atoms with Gasteiger partial charge in [0, 0.05) is 6.42 Å². The highest BCUT2D eigenvalue weighted by Crippen LogP contribution is 2.06. The van der Waals surface area contributed by atoms with E-state index in [1.54, 1.807) is 30.3 Å². The molecule has 0 spiro atoms. The van der Waals surface area contributed by atoms with Gasteiger partial charge in [-0.2, -0.15) is 0 Å². The number of carboxylic acid groups (broad SMARTS) is 2. The fourth-order valence-corrected chi connectivity index (χ4v) is 3.07. The van der Waals surface area contributed by atoms with Crippen molar-refractivity contribution >= 4 is 29.7 Å². The predicted molar refractivity (Wildman–Crippen MR) is 122 cm³/mol. The van der Waals surface area contributed by atoms with Gasteiger partial charge in [-0.05, 0) is 32.3 Å². The molecule has 35 heavy (non-hydrogen) atoms. The van der Waals surface area contributed by atoms with Crippen LogP contribution in [0.15, 0.2) is 30.3 Å². The molecular formula is C22H32N4O9. The molecule has 6 atom stereocenters. The van der Waals surface area contributed by atoms with Gasteiger partial charge < -0.3 is 42.1 Å². The third kappa shape index (κ3) is 10.1. The number of carbonyl (C=O) groups is 5. The molecule has 194 valence electrons. The molecule has 0 heterocycles. The van der Waals surface area contributed by atoms with Crippen LogP contribution in [0.25, 0.3) is 0 Å². The molecule has 1 aromatic rings. The summed E-state index contributed by atoms with van der Waals surface area (Å²) in [5.74, 6) is -5.61. The van der Waals surface area contributed by atoms with E-state index in [1.807, 2.05) is 5.32 Å². The molecule has 1 aromatic carbocycles. The molecule has 13 nitrogen and oxygen atoms in total. The van der Waals surface area contributed by atoms with Gasteiger partial charge in [0.15, 0.2) is 6.04 Å². The maximum atomic E-state index is 12.8. The topological polar surface area (TPSA) is 228 Å². The average Bonchev–Trinajstić information content (AvgIpc) is 2.77. The highest BCUT2D eigenvalue weighted by molar-refractivity contribution is 5.94. The molecule has 6 unspecified atom stereocenters. The fourth-order valence-electron chi connectivity index (χ4n) is 3.07. The van der Waals surface area contributed by atoms with Crippen LogP contribution in [0.3, 0.4) is 0 Å². The minimum atomic E-state index is -1.71. The molecule has 0 fully saturated rings. The average molecular weight is 497 g/mol.